The lowest BCUT2D eigenvalue weighted by atomic mass is 9.85. The Labute approximate surface area is 76.1 Å². The molecule has 0 aliphatic carbocycles. The van der Waals surface area contributed by atoms with Crippen LogP contribution < -0.4 is 5.43 Å². The summed E-state index contributed by atoms with van der Waals surface area (Å²) >= 11 is 0. The van der Waals surface area contributed by atoms with Crippen LogP contribution in [0.3, 0.4) is 0 Å². The average Bonchev–Trinajstić information content (AvgIpc) is 2.02. The molecule has 0 aliphatic rings. The van der Waals surface area contributed by atoms with E-state index in [0.717, 1.165) is 0 Å². The van der Waals surface area contributed by atoms with Crippen molar-refractivity contribution in [2.24, 2.45) is 0 Å². The van der Waals surface area contributed by atoms with E-state index in [4.69, 9.17) is 4.74 Å². The predicted octanol–water partition coefficient (Wildman–Crippen LogP) is 1.26. The van der Waals surface area contributed by atoms with E-state index in [2.05, 4.69) is 38.1 Å². The van der Waals surface area contributed by atoms with Crippen LogP contribution in [0.2, 0.25) is 0 Å². The molecule has 0 saturated heterocycles. The second-order valence-electron chi connectivity index (χ2n) is 4.06. The van der Waals surface area contributed by atoms with E-state index >= 15 is 0 Å². The molecule has 0 aromatic carbocycles. The summed E-state index contributed by atoms with van der Waals surface area (Å²) in [5.41, 5.74) is 2.88. The number of hydrogen-bond acceptors (Lipinski definition) is 3. The summed E-state index contributed by atoms with van der Waals surface area (Å²) in [5.74, 6) is 0. The van der Waals surface area contributed by atoms with Crippen molar-refractivity contribution in [1.29, 1.82) is 0 Å². The maximum Gasteiger partial charge on any atom is 0.0813 e. The Balaban J connectivity index is 4.58. The zero-order valence-electron chi connectivity index (χ0n) is 9.36. The fraction of sp³-hybridized carbons (Fsp3) is 1.00. The molecule has 0 bridgehead atoms. The van der Waals surface area contributed by atoms with Gasteiger partial charge >= 0.3 is 0 Å². The Bertz CT molecular complexity index is 143. The van der Waals surface area contributed by atoms with Crippen LogP contribution in [0, 0.1) is 0 Å². The summed E-state index contributed by atoms with van der Waals surface area (Å²) in [6.45, 7) is 8.46. The first-order valence-electron chi connectivity index (χ1n) is 4.26. The topological polar surface area (TPSA) is 24.5 Å². The van der Waals surface area contributed by atoms with Gasteiger partial charge in [0.25, 0.3) is 0 Å². The first kappa shape index (κ1) is 11.9. The van der Waals surface area contributed by atoms with Gasteiger partial charge < -0.3 is 4.74 Å². The quantitative estimate of drug-likeness (QED) is 0.649. The van der Waals surface area contributed by atoms with Gasteiger partial charge in [-0.3, -0.25) is 5.43 Å². The van der Waals surface area contributed by atoms with Crippen molar-refractivity contribution in [3.05, 3.63) is 0 Å². The van der Waals surface area contributed by atoms with E-state index in [-0.39, 0.29) is 11.1 Å². The second kappa shape index (κ2) is 3.73. The normalized spacial score (nSPS) is 14.0. The van der Waals surface area contributed by atoms with Crippen molar-refractivity contribution in [3.8, 4) is 0 Å². The molecule has 12 heavy (non-hydrogen) atoms. The summed E-state index contributed by atoms with van der Waals surface area (Å²) in [5, 5.41) is 2.05. The lowest BCUT2D eigenvalue weighted by Gasteiger charge is -2.46. The summed E-state index contributed by atoms with van der Waals surface area (Å²) in [6.07, 6.45) is 0. The van der Waals surface area contributed by atoms with Crippen LogP contribution in [-0.2, 0) is 4.74 Å². The molecule has 0 rings (SSSR count). The first-order chi connectivity index (χ1) is 5.29. The van der Waals surface area contributed by atoms with E-state index in [0.29, 0.717) is 0 Å². The third kappa shape index (κ3) is 1.97. The Kier molecular flexibility index (Phi) is 3.69. The molecule has 0 fully saturated rings. The summed E-state index contributed by atoms with van der Waals surface area (Å²) in [4.78, 5) is 0. The van der Waals surface area contributed by atoms with Crippen LogP contribution in [0.15, 0.2) is 0 Å². The Hall–Kier alpha value is -0.120. The van der Waals surface area contributed by atoms with E-state index in [1.54, 1.807) is 7.11 Å². The van der Waals surface area contributed by atoms with Gasteiger partial charge in [-0.1, -0.05) is 0 Å². The molecule has 1 N–H and O–H groups in total. The van der Waals surface area contributed by atoms with E-state index in [9.17, 15) is 0 Å². The highest BCUT2D eigenvalue weighted by atomic mass is 16.5. The van der Waals surface area contributed by atoms with E-state index in [1.165, 1.54) is 0 Å². The molecule has 0 atom stereocenters. The lowest BCUT2D eigenvalue weighted by Crippen LogP contribution is -2.60. The minimum Gasteiger partial charge on any atom is -0.377 e. The molecular formula is C9H22N2O. The second-order valence-corrected chi connectivity index (χ2v) is 4.06. The van der Waals surface area contributed by atoms with Crippen LogP contribution >= 0.6 is 0 Å². The van der Waals surface area contributed by atoms with Gasteiger partial charge in [-0.05, 0) is 34.7 Å². The zero-order valence-corrected chi connectivity index (χ0v) is 9.36. The highest BCUT2D eigenvalue weighted by Crippen LogP contribution is 2.28. The van der Waals surface area contributed by atoms with Gasteiger partial charge in [-0.2, -0.15) is 0 Å². The van der Waals surface area contributed by atoms with Crippen LogP contribution in [0.5, 0.6) is 0 Å². The van der Waals surface area contributed by atoms with Gasteiger partial charge in [0.15, 0.2) is 0 Å². The zero-order chi connectivity index (χ0) is 9.99. The molecule has 74 valence electrons. The smallest absolute Gasteiger partial charge is 0.0813 e. The third-order valence-electron chi connectivity index (χ3n) is 3.16. The summed E-state index contributed by atoms with van der Waals surface area (Å²) in [7, 11) is 5.67. The van der Waals surface area contributed by atoms with Gasteiger partial charge in [0.05, 0.1) is 11.1 Å². The number of nitrogens with one attached hydrogen (secondary N) is 1. The summed E-state index contributed by atoms with van der Waals surface area (Å²) in [6, 6.07) is 0. The predicted molar refractivity (Wildman–Crippen MR) is 52.0 cm³/mol. The molecule has 0 aromatic heterocycles. The average molecular weight is 174 g/mol. The lowest BCUT2D eigenvalue weighted by molar-refractivity contribution is -0.104. The number of rotatable bonds is 4. The van der Waals surface area contributed by atoms with Crippen LogP contribution in [-0.4, -0.2) is 37.4 Å². The van der Waals surface area contributed by atoms with Gasteiger partial charge in [-0.15, -0.1) is 0 Å². The number of nitrogens with zero attached hydrogens (tertiary/aromatic N) is 1. The number of hydrazine groups is 1. The third-order valence-corrected chi connectivity index (χ3v) is 3.16. The van der Waals surface area contributed by atoms with Gasteiger partial charge in [0, 0.05) is 14.2 Å². The monoisotopic (exact) mass is 174 g/mol. The maximum atomic E-state index is 5.44. The highest BCUT2D eigenvalue weighted by Gasteiger charge is 2.40. The van der Waals surface area contributed by atoms with Crippen molar-refractivity contribution < 1.29 is 4.74 Å². The highest BCUT2D eigenvalue weighted by molar-refractivity contribution is 4.94. The molecule has 0 spiro atoms. The Morgan fingerprint density at radius 2 is 1.58 bits per heavy atom. The molecule has 3 nitrogen and oxygen atoms in total. The van der Waals surface area contributed by atoms with Crippen molar-refractivity contribution in [2.45, 2.75) is 38.8 Å². The number of hydrogen-bond donors (Lipinski definition) is 1. The SMILES string of the molecule is CNN(C)C(C)(C)C(C)(C)OC. The Morgan fingerprint density at radius 1 is 1.17 bits per heavy atom. The Morgan fingerprint density at radius 3 is 1.83 bits per heavy atom. The molecule has 3 heteroatoms. The first-order valence-corrected chi connectivity index (χ1v) is 4.26. The molecule has 0 heterocycles. The molecule has 0 amide bonds. The van der Waals surface area contributed by atoms with Crippen molar-refractivity contribution >= 4 is 0 Å². The van der Waals surface area contributed by atoms with Gasteiger partial charge in [0.1, 0.15) is 0 Å². The van der Waals surface area contributed by atoms with Gasteiger partial charge in [-0.25, -0.2) is 5.01 Å². The molecule has 0 unspecified atom stereocenters. The standard InChI is InChI=1S/C9H22N2O/c1-8(2,11(6)10-5)9(3,4)12-7/h10H,1-7H3. The summed E-state index contributed by atoms with van der Waals surface area (Å²) < 4.78 is 5.44. The number of methoxy groups -OCH3 is 1. The minimum atomic E-state index is -0.176. The van der Waals surface area contributed by atoms with E-state index in [1.807, 2.05) is 14.1 Å². The van der Waals surface area contributed by atoms with Crippen molar-refractivity contribution in [3.63, 3.8) is 0 Å². The maximum absolute atomic E-state index is 5.44. The van der Waals surface area contributed by atoms with Crippen LogP contribution in [0.4, 0.5) is 0 Å². The van der Waals surface area contributed by atoms with Crippen molar-refractivity contribution in [1.82, 2.24) is 10.4 Å². The van der Waals surface area contributed by atoms with E-state index < -0.39 is 0 Å². The largest absolute Gasteiger partial charge is 0.377 e. The molecule has 0 radical (unpaired) electrons. The number of ether oxygens (including phenoxy) is 1. The van der Waals surface area contributed by atoms with Crippen molar-refractivity contribution in [2.75, 3.05) is 21.2 Å². The minimum absolute atomic E-state index is 0.0451. The fourth-order valence-corrected chi connectivity index (χ4v) is 0.933. The molecular weight excluding hydrogens is 152 g/mol. The molecule has 0 aliphatic heterocycles. The molecule has 0 aromatic rings. The fourth-order valence-electron chi connectivity index (χ4n) is 0.933. The molecule has 0 saturated carbocycles. The van der Waals surface area contributed by atoms with Crippen LogP contribution in [0.25, 0.3) is 0 Å². The number of likely N-dealkylation sites (N-methyl/N-ethyl adjacent to an activating group) is 1. The van der Waals surface area contributed by atoms with Crippen LogP contribution in [0.1, 0.15) is 27.7 Å². The van der Waals surface area contributed by atoms with Gasteiger partial charge in [0.2, 0.25) is 0 Å².